The summed E-state index contributed by atoms with van der Waals surface area (Å²) >= 11 is 0. The number of rotatable bonds is 2. The van der Waals surface area contributed by atoms with E-state index in [0.717, 1.165) is 0 Å². The summed E-state index contributed by atoms with van der Waals surface area (Å²) in [6, 6.07) is 0. The van der Waals surface area contributed by atoms with Crippen molar-refractivity contribution in [2.75, 3.05) is 0 Å². The van der Waals surface area contributed by atoms with Crippen LogP contribution in [0.5, 0.6) is 0 Å². The van der Waals surface area contributed by atoms with Gasteiger partial charge < -0.3 is 0 Å². The molecule has 0 unspecified atom stereocenters. The molecule has 0 N–H and O–H groups in total. The van der Waals surface area contributed by atoms with Crippen LogP contribution in [0.1, 0.15) is 83.1 Å². The van der Waals surface area contributed by atoms with Crippen LogP contribution in [-0.4, -0.2) is 64.4 Å². The van der Waals surface area contributed by atoms with Crippen molar-refractivity contribution in [3.05, 3.63) is 0 Å². The van der Waals surface area contributed by atoms with Crippen molar-refractivity contribution in [2.45, 2.75) is 105 Å². The van der Waals surface area contributed by atoms with Crippen LogP contribution in [0, 0.1) is 0 Å². The van der Waals surface area contributed by atoms with Crippen molar-refractivity contribution in [3.63, 3.8) is 0 Å². The molecular formula is C20H43AlN4. The Morgan fingerprint density at radius 1 is 0.360 bits per heavy atom. The molecule has 0 atom stereocenters. The SMILES string of the molecule is CC(C)(C)N=CC=NC(C)(C)C.CC(C)(C)N=CC=NC(C)(C)C.[AlH3]. The topological polar surface area (TPSA) is 49.4 Å². The molecule has 0 aromatic heterocycles. The average Bonchev–Trinajstić information content (AvgIpc) is 2.27. The summed E-state index contributed by atoms with van der Waals surface area (Å²) in [5, 5.41) is 0. The van der Waals surface area contributed by atoms with Gasteiger partial charge in [0.15, 0.2) is 17.4 Å². The molecule has 0 spiro atoms. The van der Waals surface area contributed by atoms with Crippen LogP contribution >= 0.6 is 0 Å². The van der Waals surface area contributed by atoms with Crippen LogP contribution in [0.2, 0.25) is 0 Å². The van der Waals surface area contributed by atoms with Crippen molar-refractivity contribution < 1.29 is 0 Å². The third-order valence-electron chi connectivity index (χ3n) is 1.98. The first-order valence-electron chi connectivity index (χ1n) is 8.59. The van der Waals surface area contributed by atoms with Crippen LogP contribution < -0.4 is 0 Å². The van der Waals surface area contributed by atoms with E-state index in [1.54, 1.807) is 24.9 Å². The van der Waals surface area contributed by atoms with E-state index in [4.69, 9.17) is 0 Å². The van der Waals surface area contributed by atoms with Gasteiger partial charge in [0, 0.05) is 24.9 Å². The highest BCUT2D eigenvalue weighted by Crippen LogP contribution is 2.06. The van der Waals surface area contributed by atoms with E-state index in [9.17, 15) is 0 Å². The van der Waals surface area contributed by atoms with Crippen molar-refractivity contribution in [3.8, 4) is 0 Å². The maximum atomic E-state index is 4.29. The molecule has 25 heavy (non-hydrogen) atoms. The molecule has 0 aliphatic heterocycles. The Labute approximate surface area is 167 Å². The summed E-state index contributed by atoms with van der Waals surface area (Å²) in [5.74, 6) is 0. The van der Waals surface area contributed by atoms with Crippen molar-refractivity contribution in [1.29, 1.82) is 0 Å². The standard InChI is InChI=1S/2C10H20N2.Al.3H/c2*1-9(2,3)11-7-8-12-10(4,5)6;;;;/h2*7-8H,1-6H3;;;;. The van der Waals surface area contributed by atoms with Gasteiger partial charge in [0.2, 0.25) is 0 Å². The zero-order valence-electron chi connectivity index (χ0n) is 18.1. The predicted molar refractivity (Wildman–Crippen MR) is 123 cm³/mol. The van der Waals surface area contributed by atoms with Crippen molar-refractivity contribution >= 4 is 42.2 Å². The predicted octanol–water partition coefficient (Wildman–Crippen LogP) is 4.27. The molecule has 0 aromatic carbocycles. The first-order valence-corrected chi connectivity index (χ1v) is 8.59. The molecular weight excluding hydrogens is 323 g/mol. The van der Waals surface area contributed by atoms with Gasteiger partial charge in [-0.3, -0.25) is 20.0 Å². The monoisotopic (exact) mass is 366 g/mol. The number of aliphatic imine (C=N–C) groups is 4. The minimum Gasteiger partial charge on any atom is -0.286 e. The van der Waals surface area contributed by atoms with Gasteiger partial charge in [-0.05, 0) is 83.1 Å². The second kappa shape index (κ2) is 11.8. The van der Waals surface area contributed by atoms with Crippen LogP contribution in [0.3, 0.4) is 0 Å². The Morgan fingerprint density at radius 2 is 0.480 bits per heavy atom. The van der Waals surface area contributed by atoms with E-state index in [0.29, 0.717) is 0 Å². The molecule has 0 bridgehead atoms. The molecule has 0 heterocycles. The summed E-state index contributed by atoms with van der Waals surface area (Å²) in [7, 11) is 0. The van der Waals surface area contributed by atoms with Crippen LogP contribution in [0.25, 0.3) is 0 Å². The fraction of sp³-hybridized carbons (Fsp3) is 0.800. The lowest BCUT2D eigenvalue weighted by molar-refractivity contribution is 0.583. The molecule has 0 fully saturated rings. The summed E-state index contributed by atoms with van der Waals surface area (Å²) in [6.45, 7) is 24.8. The zero-order valence-corrected chi connectivity index (χ0v) is 18.1. The fourth-order valence-electron chi connectivity index (χ4n) is 1.03. The molecule has 4 nitrogen and oxygen atoms in total. The minimum atomic E-state index is 0. The molecule has 0 aliphatic carbocycles. The van der Waals surface area contributed by atoms with E-state index in [1.165, 1.54) is 0 Å². The molecule has 0 aliphatic rings. The largest absolute Gasteiger partial charge is 0.286 e. The van der Waals surface area contributed by atoms with Crippen molar-refractivity contribution in [1.82, 2.24) is 0 Å². The highest BCUT2D eigenvalue weighted by Gasteiger charge is 2.06. The van der Waals surface area contributed by atoms with E-state index < -0.39 is 0 Å². The second-order valence-corrected chi connectivity index (χ2v) is 9.80. The molecule has 0 rings (SSSR count). The van der Waals surface area contributed by atoms with Gasteiger partial charge >= 0.3 is 0 Å². The Morgan fingerprint density at radius 3 is 0.560 bits per heavy atom. The average molecular weight is 367 g/mol. The van der Waals surface area contributed by atoms with Crippen LogP contribution in [0.4, 0.5) is 0 Å². The number of nitrogens with zero attached hydrogens (tertiary/aromatic N) is 4. The highest BCUT2D eigenvalue weighted by atomic mass is 27.0. The molecule has 5 heteroatoms. The van der Waals surface area contributed by atoms with Gasteiger partial charge in [0.1, 0.15) is 0 Å². The molecule has 0 amide bonds. The Kier molecular flexibility index (Phi) is 13.6. The Bertz CT molecular complexity index is 360. The van der Waals surface area contributed by atoms with Crippen molar-refractivity contribution in [2.24, 2.45) is 20.0 Å². The normalized spacial score (nSPS) is 14.2. The third-order valence-corrected chi connectivity index (χ3v) is 1.98. The Hall–Kier alpha value is -0.788. The lowest BCUT2D eigenvalue weighted by atomic mass is 10.1. The van der Waals surface area contributed by atoms with Gasteiger partial charge in [-0.2, -0.15) is 0 Å². The van der Waals surface area contributed by atoms with Crippen LogP contribution in [0.15, 0.2) is 20.0 Å². The molecule has 146 valence electrons. The number of hydrogen-bond donors (Lipinski definition) is 0. The fourth-order valence-corrected chi connectivity index (χ4v) is 1.03. The maximum absolute atomic E-state index is 4.29. The minimum absolute atomic E-state index is 0. The van der Waals surface area contributed by atoms with Gasteiger partial charge in [-0.1, -0.05) is 0 Å². The van der Waals surface area contributed by atoms with Gasteiger partial charge in [-0.15, -0.1) is 0 Å². The summed E-state index contributed by atoms with van der Waals surface area (Å²) in [6.07, 6.45) is 7.08. The summed E-state index contributed by atoms with van der Waals surface area (Å²) in [5.41, 5.74) is 0.0155. The highest BCUT2D eigenvalue weighted by molar-refractivity contribution is 6.16. The number of hydrogen-bond acceptors (Lipinski definition) is 4. The van der Waals surface area contributed by atoms with Gasteiger partial charge in [-0.25, -0.2) is 0 Å². The summed E-state index contributed by atoms with van der Waals surface area (Å²) in [4.78, 5) is 17.1. The Balaban J connectivity index is -0.000000372. The van der Waals surface area contributed by atoms with Gasteiger partial charge in [0.05, 0.1) is 22.2 Å². The summed E-state index contributed by atoms with van der Waals surface area (Å²) < 4.78 is 0. The smallest absolute Gasteiger partial charge is 0.187 e. The van der Waals surface area contributed by atoms with Gasteiger partial charge in [0.25, 0.3) is 0 Å². The van der Waals surface area contributed by atoms with E-state index in [1.807, 2.05) is 0 Å². The molecule has 0 saturated carbocycles. The van der Waals surface area contributed by atoms with E-state index in [-0.39, 0.29) is 39.5 Å². The first kappa shape index (κ1) is 29.0. The molecule has 0 aromatic rings. The maximum Gasteiger partial charge on any atom is 0.187 e. The lowest BCUT2D eigenvalue weighted by Crippen LogP contribution is -2.12. The third kappa shape index (κ3) is 35.3. The first-order chi connectivity index (χ1) is 10.4. The second-order valence-electron chi connectivity index (χ2n) is 9.80. The van der Waals surface area contributed by atoms with E-state index in [2.05, 4.69) is 103 Å². The zero-order chi connectivity index (χ0) is 19.7. The molecule has 0 radical (unpaired) electrons. The van der Waals surface area contributed by atoms with Crippen LogP contribution in [-0.2, 0) is 0 Å². The quantitative estimate of drug-likeness (QED) is 0.518. The molecule has 0 saturated heterocycles. The lowest BCUT2D eigenvalue weighted by Gasteiger charge is -2.11. The van der Waals surface area contributed by atoms with E-state index >= 15 is 0 Å².